The Labute approximate surface area is 116 Å². The van der Waals surface area contributed by atoms with Crippen LogP contribution in [0.5, 0.6) is 0 Å². The molecule has 0 aliphatic carbocycles. The molecule has 7 nitrogen and oxygen atoms in total. The molecule has 5 N–H and O–H groups in total. The van der Waals surface area contributed by atoms with Gasteiger partial charge in [-0.25, -0.2) is 0 Å². The van der Waals surface area contributed by atoms with Crippen molar-refractivity contribution >= 4 is 55.6 Å². The van der Waals surface area contributed by atoms with Gasteiger partial charge in [-0.3, -0.25) is 14.4 Å². The van der Waals surface area contributed by atoms with Crippen molar-refractivity contribution in [2.45, 2.75) is 25.8 Å². The molecule has 15 heavy (non-hydrogen) atoms. The maximum atomic E-state index is 9.99. The molecule has 0 aromatic rings. The Bertz CT molecular complexity index is 216. The second kappa shape index (κ2) is 11.7. The quantitative estimate of drug-likeness (QED) is 0.442. The van der Waals surface area contributed by atoms with Crippen molar-refractivity contribution in [1.29, 1.82) is 0 Å². The van der Waals surface area contributed by atoms with Gasteiger partial charge in [0, 0.05) is 13.3 Å². The van der Waals surface area contributed by atoms with E-state index in [9.17, 15) is 9.59 Å². The fourth-order valence-corrected chi connectivity index (χ4v) is 0.402. The van der Waals surface area contributed by atoms with Crippen LogP contribution in [-0.4, -0.2) is 77.0 Å². The topological polar surface area (TPSA) is 138 Å². The number of carboxylic acid groups (broad SMARTS) is 3. The summed E-state index contributed by atoms with van der Waals surface area (Å²) in [5.74, 6) is -3.03. The maximum absolute atomic E-state index is 9.99. The Morgan fingerprint density at radius 3 is 1.73 bits per heavy atom. The molecule has 0 saturated heterocycles. The number of hydrogen-bond acceptors (Lipinski definition) is 4. The fraction of sp³-hybridized carbons (Fsp3) is 0.571. The van der Waals surface area contributed by atoms with Gasteiger partial charge in [0.15, 0.2) is 0 Å². The van der Waals surface area contributed by atoms with E-state index in [2.05, 4.69) is 0 Å². The van der Waals surface area contributed by atoms with Crippen LogP contribution in [0, 0.1) is 0 Å². The zero-order valence-electron chi connectivity index (χ0n) is 7.64. The third-order valence-corrected chi connectivity index (χ3v) is 0.986. The summed E-state index contributed by atoms with van der Waals surface area (Å²) in [5.41, 5.74) is 5.00. The molecule has 0 heterocycles. The van der Waals surface area contributed by atoms with Gasteiger partial charge in [0.25, 0.3) is 5.97 Å². The Kier molecular flexibility index (Phi) is 15.7. The Morgan fingerprint density at radius 2 is 1.53 bits per heavy atom. The molecule has 1 atom stereocenters. The molecule has 0 rings (SSSR count). The van der Waals surface area contributed by atoms with Gasteiger partial charge in [-0.1, -0.05) is 0 Å². The van der Waals surface area contributed by atoms with Gasteiger partial charge >= 0.3 is 49.7 Å². The van der Waals surface area contributed by atoms with Crippen molar-refractivity contribution in [1.82, 2.24) is 0 Å². The molecular weight excluding hydrogens is 234 g/mol. The number of aliphatic carboxylic acids is 3. The molecule has 0 aliphatic heterocycles. The molecule has 0 amide bonds. The number of carbonyl (C=O) groups is 3. The van der Waals surface area contributed by atoms with Crippen molar-refractivity contribution < 1.29 is 29.7 Å². The minimum atomic E-state index is -1.17. The van der Waals surface area contributed by atoms with Crippen LogP contribution in [0.25, 0.3) is 0 Å². The van der Waals surface area contributed by atoms with E-state index in [1.54, 1.807) is 0 Å². The van der Waals surface area contributed by atoms with Crippen molar-refractivity contribution in [2.75, 3.05) is 0 Å². The summed E-state index contributed by atoms with van der Waals surface area (Å²) in [5, 5.41) is 23.7. The summed E-state index contributed by atoms with van der Waals surface area (Å²) >= 11 is 0. The van der Waals surface area contributed by atoms with E-state index in [4.69, 9.17) is 25.8 Å². The Morgan fingerprint density at radius 1 is 1.20 bits per heavy atom. The van der Waals surface area contributed by atoms with Gasteiger partial charge in [0.1, 0.15) is 6.04 Å². The molecule has 0 spiro atoms. The summed E-state index contributed by atoms with van der Waals surface area (Å²) in [6, 6.07) is -1.06. The van der Waals surface area contributed by atoms with Crippen LogP contribution in [-0.2, 0) is 14.4 Å². The standard InChI is InChI=1S/C5H9NO4.C2H4O2.Ca.2H/c6-3(5(9)10)1-2-4(7)8;1-2(3)4;;;/h3H,1-2,6H2,(H,7,8)(H,9,10);1H3,(H,3,4);;;. The summed E-state index contributed by atoms with van der Waals surface area (Å²) < 4.78 is 0. The van der Waals surface area contributed by atoms with E-state index in [0.29, 0.717) is 0 Å². The predicted molar refractivity (Wildman–Crippen MR) is 54.3 cm³/mol. The molecular formula is C7H15CaNO6. The number of carboxylic acids is 3. The molecule has 0 aliphatic rings. The summed E-state index contributed by atoms with van der Waals surface area (Å²) in [6.07, 6.45) is -0.224. The number of hydrogen-bond donors (Lipinski definition) is 4. The summed E-state index contributed by atoms with van der Waals surface area (Å²) in [6.45, 7) is 1.08. The van der Waals surface area contributed by atoms with Crippen LogP contribution in [0.2, 0.25) is 0 Å². The van der Waals surface area contributed by atoms with E-state index in [-0.39, 0.29) is 50.6 Å². The van der Waals surface area contributed by atoms with Crippen molar-refractivity contribution in [3.8, 4) is 0 Å². The first-order valence-electron chi connectivity index (χ1n) is 3.67. The van der Waals surface area contributed by atoms with Crippen molar-refractivity contribution in [3.05, 3.63) is 0 Å². The molecule has 1 unspecified atom stereocenters. The number of rotatable bonds is 4. The van der Waals surface area contributed by atoms with E-state index >= 15 is 0 Å². The van der Waals surface area contributed by atoms with Gasteiger partial charge in [0.2, 0.25) is 0 Å². The first kappa shape index (κ1) is 20.1. The van der Waals surface area contributed by atoms with Gasteiger partial charge in [-0.2, -0.15) is 0 Å². The molecule has 8 heteroatoms. The van der Waals surface area contributed by atoms with E-state index in [0.717, 1.165) is 6.92 Å². The van der Waals surface area contributed by atoms with E-state index in [1.165, 1.54) is 0 Å². The van der Waals surface area contributed by atoms with E-state index in [1.807, 2.05) is 0 Å². The Balaban J connectivity index is -0.000000249. The first-order valence-corrected chi connectivity index (χ1v) is 3.67. The second-order valence-electron chi connectivity index (χ2n) is 2.40. The zero-order chi connectivity index (χ0) is 11.7. The van der Waals surface area contributed by atoms with Gasteiger partial charge in [0.05, 0.1) is 0 Å². The second-order valence-corrected chi connectivity index (χ2v) is 2.40. The van der Waals surface area contributed by atoms with Crippen LogP contribution in [0.4, 0.5) is 0 Å². The average Bonchev–Trinajstić information content (AvgIpc) is 1.98. The molecule has 0 bridgehead atoms. The first-order chi connectivity index (χ1) is 6.27. The average molecular weight is 249 g/mol. The fourth-order valence-electron chi connectivity index (χ4n) is 0.402. The molecule has 86 valence electrons. The predicted octanol–water partition coefficient (Wildman–Crippen LogP) is -1.56. The molecule has 0 aromatic heterocycles. The van der Waals surface area contributed by atoms with Crippen LogP contribution < -0.4 is 5.73 Å². The Hall–Kier alpha value is -0.370. The van der Waals surface area contributed by atoms with E-state index < -0.39 is 23.9 Å². The van der Waals surface area contributed by atoms with Crippen molar-refractivity contribution in [2.24, 2.45) is 5.73 Å². The van der Waals surface area contributed by atoms with Crippen LogP contribution >= 0.6 is 0 Å². The molecule has 0 radical (unpaired) electrons. The van der Waals surface area contributed by atoms with Gasteiger partial charge < -0.3 is 21.1 Å². The van der Waals surface area contributed by atoms with Crippen LogP contribution in [0.3, 0.4) is 0 Å². The van der Waals surface area contributed by atoms with Gasteiger partial charge in [-0.15, -0.1) is 0 Å². The van der Waals surface area contributed by atoms with Crippen LogP contribution in [0.1, 0.15) is 19.8 Å². The third-order valence-electron chi connectivity index (χ3n) is 0.986. The normalized spacial score (nSPS) is 10.0. The summed E-state index contributed by atoms with van der Waals surface area (Å²) in [7, 11) is 0. The zero-order valence-corrected chi connectivity index (χ0v) is 7.64. The molecule has 0 aromatic carbocycles. The third kappa shape index (κ3) is 24.8. The molecule has 0 fully saturated rings. The minimum absolute atomic E-state index is 0. The van der Waals surface area contributed by atoms with Crippen LogP contribution in [0.15, 0.2) is 0 Å². The van der Waals surface area contributed by atoms with Gasteiger partial charge in [-0.05, 0) is 6.42 Å². The monoisotopic (exact) mass is 249 g/mol. The summed E-state index contributed by atoms with van der Waals surface area (Å²) in [4.78, 5) is 28.9. The number of nitrogens with two attached hydrogens (primary N) is 1. The molecule has 0 saturated carbocycles. The SMILES string of the molecule is CC(=O)O.NC(CCC(=O)O)C(=O)O.[CaH2]. The van der Waals surface area contributed by atoms with Crippen molar-refractivity contribution in [3.63, 3.8) is 0 Å².